The lowest BCUT2D eigenvalue weighted by atomic mass is 9.81. The van der Waals surface area contributed by atoms with Gasteiger partial charge in [0.15, 0.2) is 0 Å². The number of hydrogen-bond acceptors (Lipinski definition) is 4. The fraction of sp³-hybridized carbons (Fsp3) is 0.400. The Kier molecular flexibility index (Phi) is 10.8. The summed E-state index contributed by atoms with van der Waals surface area (Å²) in [6.07, 6.45) is 6.67. The molecule has 0 fully saturated rings. The van der Waals surface area contributed by atoms with Gasteiger partial charge in [0.2, 0.25) is 0 Å². The number of rotatable bonds is 13. The smallest absolute Gasteiger partial charge is 0.130 e. The maximum atomic E-state index is 11.7. The van der Waals surface area contributed by atoms with E-state index in [9.17, 15) is 4.79 Å². The Labute approximate surface area is 235 Å². The van der Waals surface area contributed by atoms with Crippen LogP contribution in [0, 0.1) is 0 Å². The van der Waals surface area contributed by atoms with Crippen LogP contribution < -0.4 is 14.2 Å². The molecule has 0 saturated carbocycles. The van der Waals surface area contributed by atoms with Gasteiger partial charge in [-0.05, 0) is 84.3 Å². The number of allylic oxidation sites excluding steroid dienone is 2. The fourth-order valence-corrected chi connectivity index (χ4v) is 4.67. The van der Waals surface area contributed by atoms with Crippen LogP contribution in [0.2, 0.25) is 0 Å². The minimum Gasteiger partial charge on any atom is -0.497 e. The Hall–Kier alpha value is -3.53. The molecule has 0 N–H and O–H groups in total. The van der Waals surface area contributed by atoms with E-state index in [0.29, 0.717) is 19.6 Å². The van der Waals surface area contributed by atoms with Crippen LogP contribution in [0.4, 0.5) is 0 Å². The van der Waals surface area contributed by atoms with Gasteiger partial charge >= 0.3 is 0 Å². The molecule has 3 rings (SSSR count). The Morgan fingerprint density at radius 2 is 1.64 bits per heavy atom. The van der Waals surface area contributed by atoms with Gasteiger partial charge in [-0.2, -0.15) is 0 Å². The predicted octanol–water partition coefficient (Wildman–Crippen LogP) is 9.06. The van der Waals surface area contributed by atoms with Gasteiger partial charge in [0.1, 0.15) is 29.6 Å². The highest BCUT2D eigenvalue weighted by Gasteiger charge is 2.22. The third kappa shape index (κ3) is 8.48. The van der Waals surface area contributed by atoms with Crippen molar-refractivity contribution < 1.29 is 19.0 Å². The Morgan fingerprint density at radius 1 is 0.923 bits per heavy atom. The summed E-state index contributed by atoms with van der Waals surface area (Å²) >= 11 is 0. The molecule has 0 spiro atoms. The van der Waals surface area contributed by atoms with E-state index in [-0.39, 0.29) is 17.1 Å². The number of ketones is 1. The second kappa shape index (κ2) is 14.0. The van der Waals surface area contributed by atoms with Crippen molar-refractivity contribution in [1.29, 1.82) is 0 Å². The van der Waals surface area contributed by atoms with Crippen molar-refractivity contribution in [2.45, 2.75) is 78.7 Å². The monoisotopic (exact) mass is 528 g/mol. The first-order valence-corrected chi connectivity index (χ1v) is 14.0. The molecule has 4 heteroatoms. The van der Waals surface area contributed by atoms with Crippen molar-refractivity contribution in [1.82, 2.24) is 0 Å². The molecule has 3 aromatic rings. The molecule has 0 saturated heterocycles. The number of methoxy groups -OCH3 is 1. The minimum atomic E-state index is -0.0579. The molecule has 0 amide bonds. The minimum absolute atomic E-state index is 0.0579. The average molecular weight is 529 g/mol. The summed E-state index contributed by atoms with van der Waals surface area (Å²) < 4.78 is 18.0. The second-order valence-electron chi connectivity index (χ2n) is 11.1. The van der Waals surface area contributed by atoms with Crippen molar-refractivity contribution in [3.05, 3.63) is 89.5 Å². The zero-order valence-electron chi connectivity index (χ0n) is 24.7. The summed E-state index contributed by atoms with van der Waals surface area (Å²) in [4.78, 5) is 11.7. The molecule has 0 bridgehead atoms. The van der Waals surface area contributed by atoms with Gasteiger partial charge in [0, 0.05) is 17.9 Å². The van der Waals surface area contributed by atoms with E-state index in [1.165, 1.54) is 5.56 Å². The van der Waals surface area contributed by atoms with Crippen LogP contribution in [-0.4, -0.2) is 19.5 Å². The molecule has 0 aliphatic carbocycles. The van der Waals surface area contributed by atoms with Crippen LogP contribution in [0.5, 0.6) is 17.2 Å². The number of unbranched alkanes of at least 4 members (excludes halogenated alkanes) is 1. The summed E-state index contributed by atoms with van der Waals surface area (Å²) in [6, 6.07) is 20.7. The van der Waals surface area contributed by atoms with Crippen LogP contribution in [-0.2, 0) is 16.8 Å². The molecule has 0 heterocycles. The van der Waals surface area contributed by atoms with Gasteiger partial charge < -0.3 is 14.2 Å². The SMILES string of the molecule is C/C=C/[C@H](CC(C)=O)c1ccc(OCc2ccc(C(C)(C)C)c(-c3cc(OC)ccc3OCCCC)c2)cc1. The molecular weight excluding hydrogens is 484 g/mol. The summed E-state index contributed by atoms with van der Waals surface area (Å²) in [5.74, 6) is 2.74. The average Bonchev–Trinajstić information content (AvgIpc) is 2.91. The van der Waals surface area contributed by atoms with Gasteiger partial charge in [-0.25, -0.2) is 0 Å². The molecule has 0 aliphatic heterocycles. The lowest BCUT2D eigenvalue weighted by Gasteiger charge is -2.25. The number of ether oxygens (including phenoxy) is 3. The van der Waals surface area contributed by atoms with E-state index in [1.807, 2.05) is 49.4 Å². The number of hydrogen-bond donors (Lipinski definition) is 0. The third-order valence-electron chi connectivity index (χ3n) is 6.77. The van der Waals surface area contributed by atoms with Gasteiger partial charge in [-0.15, -0.1) is 0 Å². The quantitative estimate of drug-likeness (QED) is 0.164. The van der Waals surface area contributed by atoms with E-state index >= 15 is 0 Å². The Morgan fingerprint density at radius 3 is 2.26 bits per heavy atom. The van der Waals surface area contributed by atoms with Gasteiger partial charge in [-0.3, -0.25) is 4.79 Å². The normalized spacial score (nSPS) is 12.4. The highest BCUT2D eigenvalue weighted by molar-refractivity contribution is 5.77. The molecule has 208 valence electrons. The molecule has 39 heavy (non-hydrogen) atoms. The van der Waals surface area contributed by atoms with E-state index in [1.54, 1.807) is 14.0 Å². The van der Waals surface area contributed by atoms with Crippen LogP contribution in [0.3, 0.4) is 0 Å². The fourth-order valence-electron chi connectivity index (χ4n) is 4.67. The number of carbonyl (C=O) groups is 1. The molecule has 0 aliphatic rings. The van der Waals surface area contributed by atoms with Crippen molar-refractivity contribution in [3.8, 4) is 28.4 Å². The van der Waals surface area contributed by atoms with Gasteiger partial charge in [-0.1, -0.05) is 70.5 Å². The molecule has 0 unspecified atom stereocenters. The zero-order chi connectivity index (χ0) is 28.4. The van der Waals surface area contributed by atoms with E-state index < -0.39 is 0 Å². The molecule has 0 radical (unpaired) electrons. The van der Waals surface area contributed by atoms with Crippen molar-refractivity contribution >= 4 is 5.78 Å². The summed E-state index contributed by atoms with van der Waals surface area (Å²) in [5.41, 5.74) is 5.53. The summed E-state index contributed by atoms with van der Waals surface area (Å²) in [5, 5.41) is 0. The summed E-state index contributed by atoms with van der Waals surface area (Å²) in [7, 11) is 1.69. The second-order valence-corrected chi connectivity index (χ2v) is 11.1. The number of carbonyl (C=O) groups excluding carboxylic acids is 1. The summed E-state index contributed by atoms with van der Waals surface area (Å²) in [6.45, 7) is 13.6. The molecule has 4 nitrogen and oxygen atoms in total. The largest absolute Gasteiger partial charge is 0.497 e. The van der Waals surface area contributed by atoms with Crippen LogP contribution in [0.1, 0.15) is 83.4 Å². The van der Waals surface area contributed by atoms with E-state index in [2.05, 4.69) is 58.0 Å². The first kappa shape index (κ1) is 30.0. The van der Waals surface area contributed by atoms with Crippen LogP contribution >= 0.6 is 0 Å². The van der Waals surface area contributed by atoms with Gasteiger partial charge in [0.05, 0.1) is 13.7 Å². The Bertz CT molecular complexity index is 1250. The molecule has 3 aromatic carbocycles. The predicted molar refractivity (Wildman–Crippen MR) is 161 cm³/mol. The molecule has 1 atom stereocenters. The maximum absolute atomic E-state index is 11.7. The van der Waals surface area contributed by atoms with Crippen LogP contribution in [0.25, 0.3) is 11.1 Å². The van der Waals surface area contributed by atoms with E-state index in [4.69, 9.17) is 14.2 Å². The first-order chi connectivity index (χ1) is 18.7. The standard InChI is InChI=1S/C35H44O4/c1-8-10-20-38-34-19-17-30(37-7)23-32(34)31-22-26(12-18-33(31)35(4,5)6)24-39-29-15-13-27(14-16-29)28(11-9-2)21-25(3)36/h9,11-19,22-23,28H,8,10,20-21,24H2,1-7H3/b11-9+/t28-/m1/s1. The molecular formula is C35H44O4. The number of benzene rings is 3. The highest BCUT2D eigenvalue weighted by atomic mass is 16.5. The van der Waals surface area contributed by atoms with Gasteiger partial charge in [0.25, 0.3) is 0 Å². The number of Topliss-reactive ketones (excluding diaryl/α,β-unsaturated/α-hetero) is 1. The van der Waals surface area contributed by atoms with Crippen molar-refractivity contribution in [2.75, 3.05) is 13.7 Å². The lowest BCUT2D eigenvalue weighted by Crippen LogP contribution is -2.13. The lowest BCUT2D eigenvalue weighted by molar-refractivity contribution is -0.117. The third-order valence-corrected chi connectivity index (χ3v) is 6.77. The van der Waals surface area contributed by atoms with Crippen LogP contribution in [0.15, 0.2) is 72.8 Å². The van der Waals surface area contributed by atoms with E-state index in [0.717, 1.165) is 52.3 Å². The Balaban J connectivity index is 1.90. The van der Waals surface area contributed by atoms with Crippen molar-refractivity contribution in [3.63, 3.8) is 0 Å². The molecule has 0 aromatic heterocycles. The van der Waals surface area contributed by atoms with Crippen molar-refractivity contribution in [2.24, 2.45) is 0 Å². The maximum Gasteiger partial charge on any atom is 0.130 e. The topological polar surface area (TPSA) is 44.8 Å². The first-order valence-electron chi connectivity index (χ1n) is 14.0. The highest BCUT2D eigenvalue weighted by Crippen LogP contribution is 2.40. The zero-order valence-corrected chi connectivity index (χ0v) is 24.7.